The molecule has 0 aliphatic carbocycles. The van der Waals surface area contributed by atoms with Gasteiger partial charge in [-0.1, -0.05) is 19.8 Å². The SMILES string of the molecule is CCCCC(O)CN(CCC(=O)[O-])CCN(CCC(=O)[O-])CCC(=O)[O-].[Na+].[Na+].[Na+]. The largest absolute Gasteiger partial charge is 1.00 e. The Hall–Kier alpha value is 1.29. The first-order chi connectivity index (χ1) is 12.2. The molecule has 9 nitrogen and oxygen atoms in total. The Balaban J connectivity index is -0.00000104. The van der Waals surface area contributed by atoms with Crippen LogP contribution in [0.5, 0.6) is 0 Å². The summed E-state index contributed by atoms with van der Waals surface area (Å²) in [6.07, 6.45) is 1.18. The van der Waals surface area contributed by atoms with Crippen LogP contribution in [0.1, 0.15) is 45.4 Å². The standard InChI is InChI=1S/C17H32N2O7.3Na/c1-2-3-4-14(20)13-19(10-7-17(25)26)12-11-18(8-5-15(21)22)9-6-16(23)24;;;/h14,20H,2-13H2,1H3,(H,21,22)(H,23,24)(H,25,26);;;/q;3*+1/p-3. The van der Waals surface area contributed by atoms with E-state index in [1.165, 1.54) is 0 Å². The number of rotatable bonds is 17. The van der Waals surface area contributed by atoms with E-state index in [-0.39, 0.29) is 128 Å². The van der Waals surface area contributed by atoms with Crippen molar-refractivity contribution in [2.75, 3.05) is 39.3 Å². The molecule has 0 aliphatic rings. The van der Waals surface area contributed by atoms with Gasteiger partial charge >= 0.3 is 88.7 Å². The summed E-state index contributed by atoms with van der Waals surface area (Å²) in [5.74, 6) is -3.65. The summed E-state index contributed by atoms with van der Waals surface area (Å²) >= 11 is 0. The van der Waals surface area contributed by atoms with Crippen molar-refractivity contribution in [1.82, 2.24) is 9.80 Å². The third kappa shape index (κ3) is 25.4. The van der Waals surface area contributed by atoms with Crippen LogP contribution in [-0.4, -0.2) is 78.2 Å². The maximum Gasteiger partial charge on any atom is 1.00 e. The average molecular weight is 442 g/mol. The Bertz CT molecular complexity index is 427. The van der Waals surface area contributed by atoms with Crippen LogP contribution in [-0.2, 0) is 14.4 Å². The van der Waals surface area contributed by atoms with Gasteiger partial charge in [0, 0.05) is 57.2 Å². The fraction of sp³-hybridized carbons (Fsp3) is 0.824. The molecule has 12 heteroatoms. The zero-order chi connectivity index (χ0) is 19.9. The van der Waals surface area contributed by atoms with E-state index >= 15 is 0 Å². The molecule has 0 fully saturated rings. The van der Waals surface area contributed by atoms with Gasteiger partial charge in [-0.25, -0.2) is 0 Å². The van der Waals surface area contributed by atoms with Crippen LogP contribution in [0.3, 0.4) is 0 Å². The second kappa shape index (κ2) is 23.9. The molecule has 152 valence electrons. The number of unbranched alkanes of at least 4 members (excludes halogenated alkanes) is 1. The number of carbonyl (C=O) groups is 3. The summed E-state index contributed by atoms with van der Waals surface area (Å²) in [5, 5.41) is 42.0. The minimum atomic E-state index is -1.23. The Morgan fingerprint density at radius 1 is 0.759 bits per heavy atom. The molecule has 0 saturated heterocycles. The van der Waals surface area contributed by atoms with Gasteiger partial charge in [0.25, 0.3) is 0 Å². The average Bonchev–Trinajstić information content (AvgIpc) is 2.56. The molecule has 1 atom stereocenters. The van der Waals surface area contributed by atoms with E-state index in [4.69, 9.17) is 0 Å². The third-order valence-electron chi connectivity index (χ3n) is 3.99. The molecular weight excluding hydrogens is 413 g/mol. The van der Waals surface area contributed by atoms with Crippen LogP contribution in [0.15, 0.2) is 0 Å². The van der Waals surface area contributed by atoms with Gasteiger partial charge in [0.1, 0.15) is 0 Å². The minimum absolute atomic E-state index is 0. The van der Waals surface area contributed by atoms with Gasteiger partial charge in [0.2, 0.25) is 0 Å². The van der Waals surface area contributed by atoms with Gasteiger partial charge in [0.05, 0.1) is 6.10 Å². The molecule has 0 aliphatic heterocycles. The maximum atomic E-state index is 10.7. The second-order valence-corrected chi connectivity index (χ2v) is 6.30. The molecule has 0 radical (unpaired) electrons. The van der Waals surface area contributed by atoms with E-state index in [0.29, 0.717) is 26.1 Å². The molecule has 0 spiro atoms. The number of aliphatic hydroxyl groups excluding tert-OH is 1. The molecule has 1 unspecified atom stereocenters. The van der Waals surface area contributed by atoms with Crippen LogP contribution in [0.2, 0.25) is 0 Å². The molecule has 0 saturated carbocycles. The molecule has 0 aromatic rings. The summed E-state index contributed by atoms with van der Waals surface area (Å²) in [5.41, 5.74) is 0. The quantitative estimate of drug-likeness (QED) is 0.217. The van der Waals surface area contributed by atoms with Crippen molar-refractivity contribution in [2.45, 2.75) is 51.6 Å². The predicted molar refractivity (Wildman–Crippen MR) is 87.3 cm³/mol. The zero-order valence-corrected chi connectivity index (χ0v) is 24.4. The van der Waals surface area contributed by atoms with Crippen molar-refractivity contribution in [3.8, 4) is 0 Å². The number of aliphatic hydroxyl groups is 1. The van der Waals surface area contributed by atoms with Crippen LogP contribution < -0.4 is 104 Å². The normalized spacial score (nSPS) is 11.2. The first-order valence-electron chi connectivity index (χ1n) is 8.96. The van der Waals surface area contributed by atoms with Crippen molar-refractivity contribution in [1.29, 1.82) is 0 Å². The molecule has 0 rings (SSSR count). The van der Waals surface area contributed by atoms with Crippen molar-refractivity contribution >= 4 is 17.9 Å². The van der Waals surface area contributed by atoms with Crippen molar-refractivity contribution in [3.05, 3.63) is 0 Å². The molecule has 0 aromatic heterocycles. The summed E-state index contributed by atoms with van der Waals surface area (Å²) in [7, 11) is 0. The molecule has 0 bridgehead atoms. The minimum Gasteiger partial charge on any atom is -0.550 e. The number of nitrogens with zero attached hydrogens (tertiary/aromatic N) is 2. The van der Waals surface area contributed by atoms with Gasteiger partial charge < -0.3 is 39.7 Å². The summed E-state index contributed by atoms with van der Waals surface area (Å²) in [6.45, 7) is 3.46. The van der Waals surface area contributed by atoms with E-state index in [1.54, 1.807) is 9.80 Å². The van der Waals surface area contributed by atoms with Gasteiger partial charge in [-0.2, -0.15) is 0 Å². The topological polar surface area (TPSA) is 147 Å². The first kappa shape index (κ1) is 37.6. The van der Waals surface area contributed by atoms with Crippen molar-refractivity contribution in [2.24, 2.45) is 0 Å². The Labute approximate surface area is 239 Å². The summed E-state index contributed by atoms with van der Waals surface area (Å²) in [4.78, 5) is 35.4. The fourth-order valence-corrected chi connectivity index (χ4v) is 2.49. The summed E-state index contributed by atoms with van der Waals surface area (Å²) in [6, 6.07) is 0. The van der Waals surface area contributed by atoms with E-state index in [0.717, 1.165) is 12.8 Å². The zero-order valence-electron chi connectivity index (χ0n) is 18.4. The Morgan fingerprint density at radius 2 is 1.14 bits per heavy atom. The van der Waals surface area contributed by atoms with Gasteiger partial charge in [-0.15, -0.1) is 0 Å². The number of carbonyl (C=O) groups excluding carboxylic acids is 3. The monoisotopic (exact) mass is 442 g/mol. The van der Waals surface area contributed by atoms with Crippen molar-refractivity contribution in [3.63, 3.8) is 0 Å². The van der Waals surface area contributed by atoms with Gasteiger partial charge in [0.15, 0.2) is 0 Å². The molecular formula is C17H29N2Na3O7. The number of hydrogen-bond donors (Lipinski definition) is 1. The second-order valence-electron chi connectivity index (χ2n) is 6.30. The molecule has 0 amide bonds. The Morgan fingerprint density at radius 3 is 1.52 bits per heavy atom. The van der Waals surface area contributed by atoms with Crippen molar-refractivity contribution < 1.29 is 123 Å². The maximum absolute atomic E-state index is 10.7. The van der Waals surface area contributed by atoms with Crippen LogP contribution in [0, 0.1) is 0 Å². The van der Waals surface area contributed by atoms with E-state index in [1.807, 2.05) is 6.92 Å². The van der Waals surface area contributed by atoms with Gasteiger partial charge in [-0.3, -0.25) is 4.90 Å². The van der Waals surface area contributed by atoms with E-state index in [2.05, 4.69) is 0 Å². The number of hydrogen-bond acceptors (Lipinski definition) is 9. The summed E-state index contributed by atoms with van der Waals surface area (Å²) < 4.78 is 0. The number of aliphatic carboxylic acids is 3. The number of carboxylic acids is 3. The van der Waals surface area contributed by atoms with Gasteiger partial charge in [-0.05, 0) is 25.7 Å². The Kier molecular flexibility index (Phi) is 31.0. The van der Waals surface area contributed by atoms with E-state index in [9.17, 15) is 34.8 Å². The number of carboxylic acid groups (broad SMARTS) is 3. The smallest absolute Gasteiger partial charge is 0.550 e. The molecule has 0 aromatic carbocycles. The van der Waals surface area contributed by atoms with Crippen LogP contribution in [0.25, 0.3) is 0 Å². The van der Waals surface area contributed by atoms with E-state index < -0.39 is 24.0 Å². The third-order valence-corrected chi connectivity index (χ3v) is 3.99. The first-order valence-corrected chi connectivity index (χ1v) is 8.96. The molecule has 29 heavy (non-hydrogen) atoms. The predicted octanol–water partition coefficient (Wildman–Crippen LogP) is -12.4. The molecule has 1 N–H and O–H groups in total. The van der Waals surface area contributed by atoms with Crippen LogP contribution in [0.4, 0.5) is 0 Å². The van der Waals surface area contributed by atoms with Crippen LogP contribution >= 0.6 is 0 Å². The molecule has 0 heterocycles. The fourth-order valence-electron chi connectivity index (χ4n) is 2.49.